The van der Waals surface area contributed by atoms with Crippen LogP contribution in [0.15, 0.2) is 77.9 Å². The Hall–Kier alpha value is -3.67. The van der Waals surface area contributed by atoms with Gasteiger partial charge in [-0.3, -0.25) is 4.68 Å². The van der Waals surface area contributed by atoms with Gasteiger partial charge < -0.3 is 9.15 Å². The number of aromatic nitrogens is 4. The second-order valence-corrected chi connectivity index (χ2v) is 6.62. The smallest absolute Gasteiger partial charge is 0.218 e. The zero-order chi connectivity index (χ0) is 19.7. The first-order chi connectivity index (χ1) is 14.3. The van der Waals surface area contributed by atoms with Crippen molar-refractivity contribution in [1.82, 2.24) is 19.7 Å². The van der Waals surface area contributed by atoms with E-state index in [1.165, 1.54) is 5.56 Å². The Morgan fingerprint density at radius 2 is 1.86 bits per heavy atom. The van der Waals surface area contributed by atoms with Crippen molar-refractivity contribution in [2.75, 3.05) is 0 Å². The van der Waals surface area contributed by atoms with E-state index in [4.69, 9.17) is 9.15 Å². The van der Waals surface area contributed by atoms with Crippen LogP contribution in [-0.4, -0.2) is 19.7 Å². The molecule has 0 saturated heterocycles. The lowest BCUT2D eigenvalue weighted by Crippen LogP contribution is -2.00. The lowest BCUT2D eigenvalue weighted by Gasteiger charge is -2.06. The maximum atomic E-state index is 5.82. The summed E-state index contributed by atoms with van der Waals surface area (Å²) in [4.78, 5) is 8.38. The summed E-state index contributed by atoms with van der Waals surface area (Å²) >= 11 is 0. The molecule has 0 aliphatic carbocycles. The number of oxazole rings is 1. The number of rotatable bonds is 9. The van der Waals surface area contributed by atoms with E-state index in [1.807, 2.05) is 59.3 Å². The molecule has 0 fully saturated rings. The van der Waals surface area contributed by atoms with Crippen molar-refractivity contribution in [1.29, 1.82) is 0 Å². The van der Waals surface area contributed by atoms with E-state index in [9.17, 15) is 0 Å². The Balaban J connectivity index is 1.24. The molecule has 29 heavy (non-hydrogen) atoms. The highest BCUT2D eigenvalue weighted by Crippen LogP contribution is 2.16. The fourth-order valence-electron chi connectivity index (χ4n) is 2.90. The topological polar surface area (TPSA) is 66.0 Å². The van der Waals surface area contributed by atoms with Gasteiger partial charge in [-0.15, -0.1) is 0 Å². The standard InChI is InChI=1S/C23H22N4O2/c1-2-5-19(6-3-1)10-13-23-26-21(16-29-23)15-28-22-11-8-20(9-12-22)7-4-14-27-18-24-17-25-27/h1-3,5-6,8-13,16-18H,4,7,14-15H2/b13-10+. The van der Waals surface area contributed by atoms with Crippen LogP contribution in [0, 0.1) is 0 Å². The number of benzene rings is 2. The van der Waals surface area contributed by atoms with E-state index in [-0.39, 0.29) is 0 Å². The summed E-state index contributed by atoms with van der Waals surface area (Å²) in [6.45, 7) is 1.24. The van der Waals surface area contributed by atoms with Crippen LogP contribution in [0.25, 0.3) is 12.2 Å². The molecule has 0 atom stereocenters. The molecule has 2 heterocycles. The maximum Gasteiger partial charge on any atom is 0.218 e. The highest BCUT2D eigenvalue weighted by Gasteiger charge is 2.03. The summed E-state index contributed by atoms with van der Waals surface area (Å²) < 4.78 is 13.1. The predicted octanol–water partition coefficient (Wildman–Crippen LogP) is 4.65. The van der Waals surface area contributed by atoms with Crippen molar-refractivity contribution in [3.63, 3.8) is 0 Å². The lowest BCUT2D eigenvalue weighted by atomic mass is 10.1. The summed E-state index contributed by atoms with van der Waals surface area (Å²) in [5.74, 6) is 1.38. The first-order valence-corrected chi connectivity index (χ1v) is 9.57. The highest BCUT2D eigenvalue weighted by atomic mass is 16.5. The van der Waals surface area contributed by atoms with Gasteiger partial charge in [0.15, 0.2) is 0 Å². The molecule has 0 saturated carbocycles. The third kappa shape index (κ3) is 5.65. The quantitative estimate of drug-likeness (QED) is 0.419. The van der Waals surface area contributed by atoms with Crippen molar-refractivity contribution in [3.8, 4) is 5.75 Å². The van der Waals surface area contributed by atoms with Crippen LogP contribution in [0.1, 0.15) is 29.1 Å². The maximum absolute atomic E-state index is 5.82. The van der Waals surface area contributed by atoms with Crippen LogP contribution >= 0.6 is 0 Å². The Kier molecular flexibility index (Phi) is 6.12. The summed E-state index contributed by atoms with van der Waals surface area (Å²) in [6.07, 6.45) is 10.8. The molecule has 0 unspecified atom stereocenters. The van der Waals surface area contributed by atoms with E-state index in [0.29, 0.717) is 12.5 Å². The number of ether oxygens (including phenoxy) is 1. The minimum absolute atomic E-state index is 0.369. The van der Waals surface area contributed by atoms with Gasteiger partial charge in [0.05, 0.1) is 0 Å². The van der Waals surface area contributed by atoms with Crippen LogP contribution in [-0.2, 0) is 19.6 Å². The predicted molar refractivity (Wildman–Crippen MR) is 111 cm³/mol. The number of nitrogens with zero attached hydrogens (tertiary/aromatic N) is 4. The Labute approximate surface area is 169 Å². The van der Waals surface area contributed by atoms with Gasteiger partial charge in [-0.2, -0.15) is 5.10 Å². The van der Waals surface area contributed by atoms with Crippen LogP contribution < -0.4 is 4.74 Å². The van der Waals surface area contributed by atoms with Gasteiger partial charge in [0.25, 0.3) is 0 Å². The molecule has 146 valence electrons. The van der Waals surface area contributed by atoms with Gasteiger partial charge >= 0.3 is 0 Å². The molecule has 0 aliphatic heterocycles. The Morgan fingerprint density at radius 3 is 2.66 bits per heavy atom. The van der Waals surface area contributed by atoms with Crippen LogP contribution in [0.3, 0.4) is 0 Å². The average Bonchev–Trinajstić information content (AvgIpc) is 3.45. The van der Waals surface area contributed by atoms with Crippen molar-refractivity contribution < 1.29 is 9.15 Å². The summed E-state index contributed by atoms with van der Waals surface area (Å²) in [5.41, 5.74) is 3.13. The zero-order valence-corrected chi connectivity index (χ0v) is 16.0. The van der Waals surface area contributed by atoms with Gasteiger partial charge in [-0.1, -0.05) is 42.5 Å². The van der Waals surface area contributed by atoms with Crippen LogP contribution in [0.5, 0.6) is 5.75 Å². The van der Waals surface area contributed by atoms with Crippen molar-refractivity contribution in [3.05, 3.63) is 96.2 Å². The van der Waals surface area contributed by atoms with E-state index >= 15 is 0 Å². The zero-order valence-electron chi connectivity index (χ0n) is 16.0. The third-order valence-corrected chi connectivity index (χ3v) is 4.42. The van der Waals surface area contributed by atoms with E-state index in [2.05, 4.69) is 27.2 Å². The van der Waals surface area contributed by atoms with Gasteiger partial charge in [-0.05, 0) is 42.2 Å². The summed E-state index contributed by atoms with van der Waals surface area (Å²) in [5, 5.41) is 4.11. The summed E-state index contributed by atoms with van der Waals surface area (Å²) in [6, 6.07) is 18.2. The number of aryl methyl sites for hydroxylation is 2. The van der Waals surface area contributed by atoms with E-state index in [1.54, 1.807) is 18.9 Å². The van der Waals surface area contributed by atoms with Crippen molar-refractivity contribution in [2.45, 2.75) is 26.0 Å². The minimum atomic E-state index is 0.369. The lowest BCUT2D eigenvalue weighted by molar-refractivity contribution is 0.301. The molecular weight excluding hydrogens is 364 g/mol. The first-order valence-electron chi connectivity index (χ1n) is 9.57. The molecule has 0 radical (unpaired) electrons. The van der Waals surface area contributed by atoms with Gasteiger partial charge in [0.2, 0.25) is 5.89 Å². The number of hydrogen-bond acceptors (Lipinski definition) is 5. The largest absolute Gasteiger partial charge is 0.487 e. The number of hydrogen-bond donors (Lipinski definition) is 0. The SMILES string of the molecule is C(=C\c1nc(COc2ccc(CCCn3cncn3)cc2)co1)/c1ccccc1. The molecule has 0 spiro atoms. The van der Waals surface area contributed by atoms with Gasteiger partial charge in [-0.25, -0.2) is 9.97 Å². The molecule has 2 aromatic carbocycles. The molecule has 2 aromatic heterocycles. The van der Waals surface area contributed by atoms with E-state index < -0.39 is 0 Å². The third-order valence-electron chi connectivity index (χ3n) is 4.42. The first kappa shape index (κ1) is 18.7. The van der Waals surface area contributed by atoms with Gasteiger partial charge in [0, 0.05) is 12.6 Å². The Morgan fingerprint density at radius 1 is 1.00 bits per heavy atom. The second kappa shape index (κ2) is 9.50. The normalized spacial score (nSPS) is 11.2. The molecule has 0 aliphatic rings. The minimum Gasteiger partial charge on any atom is -0.487 e. The van der Waals surface area contributed by atoms with Crippen LogP contribution in [0.2, 0.25) is 0 Å². The molecule has 0 amide bonds. The second-order valence-electron chi connectivity index (χ2n) is 6.62. The molecule has 6 nitrogen and oxygen atoms in total. The molecule has 0 bridgehead atoms. The molecule has 4 aromatic rings. The molecular formula is C23H22N4O2. The van der Waals surface area contributed by atoms with Gasteiger partial charge in [0.1, 0.15) is 37.0 Å². The summed E-state index contributed by atoms with van der Waals surface area (Å²) in [7, 11) is 0. The fraction of sp³-hybridized carbons (Fsp3) is 0.174. The van der Waals surface area contributed by atoms with E-state index in [0.717, 1.165) is 36.4 Å². The fourth-order valence-corrected chi connectivity index (χ4v) is 2.90. The average molecular weight is 386 g/mol. The molecule has 6 heteroatoms. The molecule has 0 N–H and O–H groups in total. The highest BCUT2D eigenvalue weighted by molar-refractivity contribution is 5.65. The van der Waals surface area contributed by atoms with Crippen LogP contribution in [0.4, 0.5) is 0 Å². The molecule has 4 rings (SSSR count). The Bertz CT molecular complexity index is 1020. The van der Waals surface area contributed by atoms with Crippen molar-refractivity contribution in [2.24, 2.45) is 0 Å². The van der Waals surface area contributed by atoms with Crippen molar-refractivity contribution >= 4 is 12.2 Å². The monoisotopic (exact) mass is 386 g/mol.